The number of nitrogens with one attached hydrogen (secondary N) is 1. The van der Waals surface area contributed by atoms with E-state index in [2.05, 4.69) is 5.32 Å². The zero-order valence-corrected chi connectivity index (χ0v) is 19.5. The molecule has 0 unspecified atom stereocenters. The number of carbonyl (C=O) groups excluding carboxylic acids is 1. The molecule has 0 aromatic heterocycles. The summed E-state index contributed by atoms with van der Waals surface area (Å²) in [5.74, 6) is 0.00631. The molecular weight excluding hydrogens is 454 g/mol. The van der Waals surface area contributed by atoms with Gasteiger partial charge in [-0.15, -0.1) is 0 Å². The zero-order chi connectivity index (χ0) is 25.5. The molecule has 0 radical (unpaired) electrons. The molecule has 7 heteroatoms. The van der Waals surface area contributed by atoms with E-state index in [0.717, 1.165) is 21.9 Å². The van der Waals surface area contributed by atoms with Gasteiger partial charge in [-0.05, 0) is 53.1 Å². The Bertz CT molecular complexity index is 1470. The monoisotopic (exact) mass is 477 g/mol. The highest BCUT2D eigenvalue weighted by Crippen LogP contribution is 2.31. The molecule has 4 rings (SSSR count). The van der Waals surface area contributed by atoms with Crippen LogP contribution in [-0.2, 0) is 11.4 Å². The number of benzene rings is 4. The van der Waals surface area contributed by atoms with Crippen molar-refractivity contribution in [1.82, 2.24) is 5.32 Å². The molecule has 0 aliphatic heterocycles. The number of amides is 1. The van der Waals surface area contributed by atoms with E-state index >= 15 is 0 Å². The minimum atomic E-state index is -0.483. The van der Waals surface area contributed by atoms with E-state index in [4.69, 9.17) is 4.74 Å². The zero-order valence-electron chi connectivity index (χ0n) is 19.5. The summed E-state index contributed by atoms with van der Waals surface area (Å²) in [4.78, 5) is 23.4. The van der Waals surface area contributed by atoms with E-state index in [0.29, 0.717) is 11.3 Å². The van der Waals surface area contributed by atoms with E-state index in [-0.39, 0.29) is 23.9 Å². The van der Waals surface area contributed by atoms with Crippen LogP contribution < -0.4 is 10.1 Å². The second kappa shape index (κ2) is 11.0. The van der Waals surface area contributed by atoms with Crippen molar-refractivity contribution in [1.29, 1.82) is 5.26 Å². The first kappa shape index (κ1) is 24.2. The van der Waals surface area contributed by atoms with Crippen molar-refractivity contribution >= 4 is 28.4 Å². The average Bonchev–Trinajstić information content (AvgIpc) is 2.91. The summed E-state index contributed by atoms with van der Waals surface area (Å²) in [6.07, 6.45) is 1.54. The Balaban J connectivity index is 1.64. The molecule has 36 heavy (non-hydrogen) atoms. The number of nitrogens with zero attached hydrogens (tertiary/aromatic N) is 2. The van der Waals surface area contributed by atoms with Gasteiger partial charge < -0.3 is 10.1 Å². The molecule has 0 saturated heterocycles. The second-order valence-corrected chi connectivity index (χ2v) is 8.19. The number of rotatable bonds is 8. The van der Waals surface area contributed by atoms with Gasteiger partial charge in [-0.25, -0.2) is 0 Å². The molecule has 0 heterocycles. The van der Waals surface area contributed by atoms with E-state index < -0.39 is 10.8 Å². The van der Waals surface area contributed by atoms with Gasteiger partial charge in [0.15, 0.2) is 0 Å². The molecule has 0 bridgehead atoms. The minimum absolute atomic E-state index is 0.00230. The van der Waals surface area contributed by atoms with Crippen molar-refractivity contribution in [2.24, 2.45) is 0 Å². The van der Waals surface area contributed by atoms with Gasteiger partial charge in [-0.2, -0.15) is 5.26 Å². The first-order chi connectivity index (χ1) is 17.5. The lowest BCUT2D eigenvalue weighted by Gasteiger charge is -2.15. The number of hydrogen-bond acceptors (Lipinski definition) is 5. The highest BCUT2D eigenvalue weighted by molar-refractivity contribution is 6.05. The maximum atomic E-state index is 13.0. The summed E-state index contributed by atoms with van der Waals surface area (Å²) in [6, 6.07) is 28.7. The Kier molecular flexibility index (Phi) is 7.37. The molecule has 4 aromatic rings. The summed E-state index contributed by atoms with van der Waals surface area (Å²) < 4.78 is 6.05. The van der Waals surface area contributed by atoms with Gasteiger partial charge >= 0.3 is 0 Å². The fourth-order valence-corrected chi connectivity index (χ4v) is 3.82. The predicted molar refractivity (Wildman–Crippen MR) is 138 cm³/mol. The van der Waals surface area contributed by atoms with Crippen LogP contribution in [0.15, 0.2) is 96.6 Å². The summed E-state index contributed by atoms with van der Waals surface area (Å²) in [7, 11) is 0. The smallest absolute Gasteiger partial charge is 0.269 e. The van der Waals surface area contributed by atoms with E-state index in [1.165, 1.54) is 12.1 Å². The van der Waals surface area contributed by atoms with Crippen molar-refractivity contribution < 1.29 is 14.5 Å². The Morgan fingerprint density at radius 2 is 1.72 bits per heavy atom. The van der Waals surface area contributed by atoms with Crippen LogP contribution in [0, 0.1) is 21.4 Å². The first-order valence-corrected chi connectivity index (χ1v) is 11.3. The van der Waals surface area contributed by atoms with Gasteiger partial charge in [0.1, 0.15) is 24.0 Å². The van der Waals surface area contributed by atoms with Crippen LogP contribution in [0.5, 0.6) is 5.75 Å². The average molecular weight is 478 g/mol. The number of fused-ring (bicyclic) bond motifs is 1. The van der Waals surface area contributed by atoms with E-state index in [1.807, 2.05) is 73.7 Å². The van der Waals surface area contributed by atoms with Crippen LogP contribution in [0.3, 0.4) is 0 Å². The van der Waals surface area contributed by atoms with Gasteiger partial charge in [0.2, 0.25) is 0 Å². The van der Waals surface area contributed by atoms with Gasteiger partial charge in [0, 0.05) is 17.7 Å². The fourth-order valence-electron chi connectivity index (χ4n) is 3.82. The third-order valence-corrected chi connectivity index (χ3v) is 5.77. The number of nitriles is 1. The van der Waals surface area contributed by atoms with Crippen molar-refractivity contribution in [2.45, 2.75) is 19.6 Å². The SMILES string of the molecule is C[C@@H](NC(=O)/C(C#N)=C\c1c(OCc2ccc([N+](=O)[O-])cc2)ccc2ccccc12)c1ccccc1. The van der Waals surface area contributed by atoms with Crippen molar-refractivity contribution in [3.63, 3.8) is 0 Å². The normalized spacial score (nSPS) is 11.9. The predicted octanol–water partition coefficient (Wildman–Crippen LogP) is 6.11. The van der Waals surface area contributed by atoms with Crippen LogP contribution in [0.4, 0.5) is 5.69 Å². The molecule has 0 aliphatic carbocycles. The lowest BCUT2D eigenvalue weighted by Crippen LogP contribution is -2.27. The lowest BCUT2D eigenvalue weighted by molar-refractivity contribution is -0.384. The van der Waals surface area contributed by atoms with Crippen molar-refractivity contribution in [2.75, 3.05) is 0 Å². The molecule has 1 atom stereocenters. The Labute approximate surface area is 208 Å². The number of non-ortho nitro benzene ring substituents is 1. The Hall–Kier alpha value is -4.96. The van der Waals surface area contributed by atoms with Gasteiger partial charge in [0.25, 0.3) is 11.6 Å². The lowest BCUT2D eigenvalue weighted by atomic mass is 10.0. The molecule has 0 spiro atoms. The topological polar surface area (TPSA) is 105 Å². The molecule has 4 aromatic carbocycles. The molecular formula is C29H23N3O4. The molecule has 0 saturated carbocycles. The third kappa shape index (κ3) is 5.57. The van der Waals surface area contributed by atoms with Crippen molar-refractivity contribution in [3.05, 3.63) is 123 Å². The molecule has 0 fully saturated rings. The number of ether oxygens (including phenoxy) is 1. The first-order valence-electron chi connectivity index (χ1n) is 11.3. The number of hydrogen-bond donors (Lipinski definition) is 1. The van der Waals surface area contributed by atoms with Crippen LogP contribution in [0.25, 0.3) is 16.8 Å². The van der Waals surface area contributed by atoms with Gasteiger partial charge in [-0.3, -0.25) is 14.9 Å². The number of nitro groups is 1. The maximum absolute atomic E-state index is 13.0. The third-order valence-electron chi connectivity index (χ3n) is 5.77. The number of nitro benzene ring substituents is 1. The molecule has 1 amide bonds. The summed E-state index contributed by atoms with van der Waals surface area (Å²) in [5, 5.41) is 25.4. The fraction of sp³-hybridized carbons (Fsp3) is 0.103. The summed E-state index contributed by atoms with van der Waals surface area (Å²) in [6.45, 7) is 2.02. The standard InChI is InChI=1S/C29H23N3O4/c1-20(22-7-3-2-4-8-22)31-29(33)24(18-30)17-27-26-10-6-5-9-23(26)13-16-28(27)36-19-21-11-14-25(15-12-21)32(34)35/h2-17,20H,19H2,1H3,(H,31,33)/b24-17-/t20-/m1/s1. The summed E-state index contributed by atoms with van der Waals surface area (Å²) >= 11 is 0. The quantitative estimate of drug-likeness (QED) is 0.143. The van der Waals surface area contributed by atoms with Crippen LogP contribution in [0.1, 0.15) is 29.7 Å². The van der Waals surface area contributed by atoms with Gasteiger partial charge in [0.05, 0.1) is 11.0 Å². The van der Waals surface area contributed by atoms with Crippen LogP contribution >= 0.6 is 0 Å². The molecule has 1 N–H and O–H groups in total. The van der Waals surface area contributed by atoms with E-state index in [9.17, 15) is 20.2 Å². The van der Waals surface area contributed by atoms with Crippen LogP contribution in [-0.4, -0.2) is 10.8 Å². The largest absolute Gasteiger partial charge is 0.488 e. The summed E-state index contributed by atoms with van der Waals surface area (Å²) in [5.41, 5.74) is 2.24. The van der Waals surface area contributed by atoms with Gasteiger partial charge in [-0.1, -0.05) is 60.7 Å². The Morgan fingerprint density at radius 1 is 1.03 bits per heavy atom. The highest BCUT2D eigenvalue weighted by Gasteiger charge is 2.16. The minimum Gasteiger partial charge on any atom is -0.488 e. The second-order valence-electron chi connectivity index (χ2n) is 8.19. The Morgan fingerprint density at radius 3 is 2.42 bits per heavy atom. The van der Waals surface area contributed by atoms with Crippen LogP contribution in [0.2, 0.25) is 0 Å². The highest BCUT2D eigenvalue weighted by atomic mass is 16.6. The molecule has 178 valence electrons. The van der Waals surface area contributed by atoms with Crippen molar-refractivity contribution in [3.8, 4) is 11.8 Å². The number of carbonyl (C=O) groups is 1. The molecule has 0 aliphatic rings. The molecule has 7 nitrogen and oxygen atoms in total. The van der Waals surface area contributed by atoms with E-state index in [1.54, 1.807) is 24.3 Å². The maximum Gasteiger partial charge on any atom is 0.269 e.